The van der Waals surface area contributed by atoms with E-state index in [4.69, 9.17) is 4.74 Å². The molecule has 16 heavy (non-hydrogen) atoms. The summed E-state index contributed by atoms with van der Waals surface area (Å²) < 4.78 is 5.82. The zero-order valence-corrected chi connectivity index (χ0v) is 10.2. The molecule has 2 nitrogen and oxygen atoms in total. The average Bonchev–Trinajstić information content (AvgIpc) is 2.30. The summed E-state index contributed by atoms with van der Waals surface area (Å²) in [4.78, 5) is 2.50. The predicted octanol–water partition coefficient (Wildman–Crippen LogP) is 2.34. The van der Waals surface area contributed by atoms with E-state index in [9.17, 15) is 0 Å². The smallest absolute Gasteiger partial charge is 0.0742 e. The Morgan fingerprint density at radius 3 is 2.75 bits per heavy atom. The maximum absolute atomic E-state index is 5.82. The van der Waals surface area contributed by atoms with Crippen LogP contribution in [-0.2, 0) is 11.2 Å². The molecule has 1 aromatic rings. The quantitative estimate of drug-likeness (QED) is 0.773. The van der Waals surface area contributed by atoms with Gasteiger partial charge in [-0.15, -0.1) is 0 Å². The van der Waals surface area contributed by atoms with Gasteiger partial charge in [0.1, 0.15) is 0 Å². The standard InChI is InChI=1S/C14H21NO/c1-12(2)15-8-9-16-14(11-15)10-13-6-4-3-5-7-13/h3-7,12,14H,8-11H2,1-2H3. The third kappa shape index (κ3) is 3.06. The summed E-state index contributed by atoms with van der Waals surface area (Å²) in [5.74, 6) is 0. The fourth-order valence-corrected chi connectivity index (χ4v) is 2.21. The van der Waals surface area contributed by atoms with Crippen LogP contribution in [0.25, 0.3) is 0 Å². The van der Waals surface area contributed by atoms with E-state index in [-0.39, 0.29) is 0 Å². The van der Waals surface area contributed by atoms with Crippen LogP contribution < -0.4 is 0 Å². The zero-order valence-electron chi connectivity index (χ0n) is 10.2. The molecule has 1 aromatic carbocycles. The van der Waals surface area contributed by atoms with E-state index < -0.39 is 0 Å². The number of hydrogen-bond donors (Lipinski definition) is 0. The first-order valence-corrected chi connectivity index (χ1v) is 6.15. The van der Waals surface area contributed by atoms with E-state index in [2.05, 4.69) is 49.1 Å². The first-order valence-electron chi connectivity index (χ1n) is 6.15. The number of ether oxygens (including phenoxy) is 1. The summed E-state index contributed by atoms with van der Waals surface area (Å²) in [6.07, 6.45) is 1.39. The van der Waals surface area contributed by atoms with Gasteiger partial charge in [0.25, 0.3) is 0 Å². The Morgan fingerprint density at radius 2 is 2.06 bits per heavy atom. The van der Waals surface area contributed by atoms with Gasteiger partial charge in [-0.25, -0.2) is 0 Å². The van der Waals surface area contributed by atoms with Crippen LogP contribution in [0.3, 0.4) is 0 Å². The fourth-order valence-electron chi connectivity index (χ4n) is 2.21. The number of nitrogens with zero attached hydrogens (tertiary/aromatic N) is 1. The average molecular weight is 219 g/mol. The maximum Gasteiger partial charge on any atom is 0.0742 e. The van der Waals surface area contributed by atoms with Crippen molar-refractivity contribution >= 4 is 0 Å². The second-order valence-corrected chi connectivity index (χ2v) is 4.77. The van der Waals surface area contributed by atoms with E-state index in [1.807, 2.05) is 0 Å². The largest absolute Gasteiger partial charge is 0.375 e. The normalized spacial score (nSPS) is 22.6. The molecule has 1 saturated heterocycles. The molecular weight excluding hydrogens is 198 g/mol. The van der Waals surface area contributed by atoms with Crippen LogP contribution in [0.4, 0.5) is 0 Å². The summed E-state index contributed by atoms with van der Waals surface area (Å²) in [5.41, 5.74) is 1.37. The molecule has 1 unspecified atom stereocenters. The molecule has 2 rings (SSSR count). The van der Waals surface area contributed by atoms with Crippen molar-refractivity contribution in [3.63, 3.8) is 0 Å². The van der Waals surface area contributed by atoms with Crippen molar-refractivity contribution in [1.82, 2.24) is 4.90 Å². The van der Waals surface area contributed by atoms with Crippen LogP contribution in [0.5, 0.6) is 0 Å². The Morgan fingerprint density at radius 1 is 1.31 bits per heavy atom. The Labute approximate surface area is 98.2 Å². The predicted molar refractivity (Wildman–Crippen MR) is 66.6 cm³/mol. The van der Waals surface area contributed by atoms with E-state index >= 15 is 0 Å². The number of benzene rings is 1. The van der Waals surface area contributed by atoms with E-state index in [0.717, 1.165) is 26.1 Å². The summed E-state index contributed by atoms with van der Waals surface area (Å²) in [6.45, 7) is 7.51. The molecule has 1 heterocycles. The molecule has 0 spiro atoms. The van der Waals surface area contributed by atoms with Crippen molar-refractivity contribution in [2.75, 3.05) is 19.7 Å². The first-order chi connectivity index (χ1) is 7.75. The van der Waals surface area contributed by atoms with Gasteiger partial charge in [-0.2, -0.15) is 0 Å². The molecular formula is C14H21NO. The molecule has 0 amide bonds. The van der Waals surface area contributed by atoms with Crippen LogP contribution >= 0.6 is 0 Å². The maximum atomic E-state index is 5.82. The van der Waals surface area contributed by atoms with Crippen LogP contribution in [0.2, 0.25) is 0 Å². The van der Waals surface area contributed by atoms with Gasteiger partial charge < -0.3 is 4.74 Å². The van der Waals surface area contributed by atoms with Gasteiger partial charge in [0.15, 0.2) is 0 Å². The van der Waals surface area contributed by atoms with Crippen LogP contribution in [0, 0.1) is 0 Å². The summed E-state index contributed by atoms with van der Waals surface area (Å²) in [6, 6.07) is 11.2. The minimum Gasteiger partial charge on any atom is -0.375 e. The highest BCUT2D eigenvalue weighted by Crippen LogP contribution is 2.13. The molecule has 0 saturated carbocycles. The monoisotopic (exact) mass is 219 g/mol. The molecule has 0 aliphatic carbocycles. The summed E-state index contributed by atoms with van der Waals surface area (Å²) >= 11 is 0. The molecule has 0 aromatic heterocycles. The Hall–Kier alpha value is -0.860. The van der Waals surface area contributed by atoms with Crippen molar-refractivity contribution in [3.8, 4) is 0 Å². The Kier molecular flexibility index (Phi) is 3.97. The summed E-state index contributed by atoms with van der Waals surface area (Å²) in [5, 5.41) is 0. The Bertz CT molecular complexity index is 310. The lowest BCUT2D eigenvalue weighted by atomic mass is 10.1. The van der Waals surface area contributed by atoms with Crippen LogP contribution in [0.15, 0.2) is 30.3 Å². The number of rotatable bonds is 3. The highest BCUT2D eigenvalue weighted by molar-refractivity contribution is 5.15. The highest BCUT2D eigenvalue weighted by Gasteiger charge is 2.22. The van der Waals surface area contributed by atoms with Gasteiger partial charge in [-0.3, -0.25) is 4.90 Å². The third-order valence-electron chi connectivity index (χ3n) is 3.21. The molecule has 1 aliphatic heterocycles. The van der Waals surface area contributed by atoms with Gasteiger partial charge in [-0.05, 0) is 25.8 Å². The molecule has 1 aliphatic rings. The number of hydrogen-bond acceptors (Lipinski definition) is 2. The minimum atomic E-state index is 0.360. The molecule has 1 fully saturated rings. The first kappa shape index (κ1) is 11.6. The van der Waals surface area contributed by atoms with Gasteiger partial charge in [-0.1, -0.05) is 30.3 Å². The van der Waals surface area contributed by atoms with Crippen LogP contribution in [0.1, 0.15) is 19.4 Å². The highest BCUT2D eigenvalue weighted by atomic mass is 16.5. The lowest BCUT2D eigenvalue weighted by Crippen LogP contribution is -2.46. The molecule has 1 atom stereocenters. The van der Waals surface area contributed by atoms with Crippen molar-refractivity contribution < 1.29 is 4.74 Å². The molecule has 88 valence electrons. The lowest BCUT2D eigenvalue weighted by molar-refractivity contribution is -0.0377. The van der Waals surface area contributed by atoms with Crippen molar-refractivity contribution in [1.29, 1.82) is 0 Å². The fraction of sp³-hybridized carbons (Fsp3) is 0.571. The van der Waals surface area contributed by atoms with E-state index in [1.54, 1.807) is 0 Å². The molecule has 2 heteroatoms. The Balaban J connectivity index is 1.90. The summed E-state index contributed by atoms with van der Waals surface area (Å²) in [7, 11) is 0. The van der Waals surface area contributed by atoms with Gasteiger partial charge in [0.05, 0.1) is 12.7 Å². The van der Waals surface area contributed by atoms with Gasteiger partial charge in [0, 0.05) is 19.1 Å². The molecule has 0 N–H and O–H groups in total. The minimum absolute atomic E-state index is 0.360. The molecule has 0 bridgehead atoms. The van der Waals surface area contributed by atoms with E-state index in [1.165, 1.54) is 5.56 Å². The number of morpholine rings is 1. The second-order valence-electron chi connectivity index (χ2n) is 4.77. The van der Waals surface area contributed by atoms with E-state index in [0.29, 0.717) is 12.1 Å². The van der Waals surface area contributed by atoms with Crippen molar-refractivity contribution in [3.05, 3.63) is 35.9 Å². The topological polar surface area (TPSA) is 12.5 Å². The second kappa shape index (κ2) is 5.46. The third-order valence-corrected chi connectivity index (χ3v) is 3.21. The zero-order chi connectivity index (χ0) is 11.4. The van der Waals surface area contributed by atoms with Gasteiger partial charge >= 0.3 is 0 Å². The van der Waals surface area contributed by atoms with Gasteiger partial charge in [0.2, 0.25) is 0 Å². The van der Waals surface area contributed by atoms with Crippen LogP contribution in [-0.4, -0.2) is 36.7 Å². The lowest BCUT2D eigenvalue weighted by Gasteiger charge is -2.35. The SMILES string of the molecule is CC(C)N1CCOC(Cc2ccccc2)C1. The molecule has 0 radical (unpaired) electrons. The van der Waals surface area contributed by atoms with Crippen molar-refractivity contribution in [2.45, 2.75) is 32.4 Å². The van der Waals surface area contributed by atoms with Crippen molar-refractivity contribution in [2.24, 2.45) is 0 Å².